The second-order valence-electron chi connectivity index (χ2n) is 8.81. The van der Waals surface area contributed by atoms with Crippen LogP contribution in [-0.2, 0) is 14.3 Å². The van der Waals surface area contributed by atoms with Crippen LogP contribution in [0.15, 0.2) is 42.5 Å². The maximum atomic E-state index is 13.0. The van der Waals surface area contributed by atoms with E-state index in [9.17, 15) is 9.59 Å². The van der Waals surface area contributed by atoms with Gasteiger partial charge in [0, 0.05) is 17.6 Å². The molecule has 1 saturated carbocycles. The summed E-state index contributed by atoms with van der Waals surface area (Å²) in [6.07, 6.45) is 5.52. The molecule has 0 spiro atoms. The lowest BCUT2D eigenvalue weighted by Gasteiger charge is -2.26. The molecule has 0 radical (unpaired) electrons. The molecule has 1 heterocycles. The number of amides is 2. The normalized spacial score (nSPS) is 18.5. The minimum atomic E-state index is -0.276. The van der Waals surface area contributed by atoms with Crippen LogP contribution in [0.4, 0.5) is 5.69 Å². The van der Waals surface area contributed by atoms with Crippen molar-refractivity contribution in [2.24, 2.45) is 0 Å². The molecule has 0 bridgehead atoms. The average molecular weight is 502 g/mol. The summed E-state index contributed by atoms with van der Waals surface area (Å²) in [5, 5.41) is 6.46. The lowest BCUT2D eigenvalue weighted by molar-refractivity contribution is -0.124. The van der Waals surface area contributed by atoms with Gasteiger partial charge in [0.1, 0.15) is 6.61 Å². The fourth-order valence-electron chi connectivity index (χ4n) is 4.30. The van der Waals surface area contributed by atoms with Crippen LogP contribution >= 0.6 is 11.6 Å². The van der Waals surface area contributed by atoms with Crippen molar-refractivity contribution in [2.45, 2.75) is 38.1 Å². The number of fused-ring (bicyclic) bond motifs is 2. The number of benzene rings is 2. The van der Waals surface area contributed by atoms with Crippen LogP contribution in [-0.4, -0.2) is 62.2 Å². The van der Waals surface area contributed by atoms with Crippen molar-refractivity contribution in [1.29, 1.82) is 0 Å². The molecule has 35 heavy (non-hydrogen) atoms. The molecule has 2 aromatic carbocycles. The molecule has 4 rings (SSSR count). The Morgan fingerprint density at radius 3 is 2.66 bits per heavy atom. The zero-order valence-corrected chi connectivity index (χ0v) is 20.5. The van der Waals surface area contributed by atoms with Crippen LogP contribution in [0, 0.1) is 0 Å². The summed E-state index contributed by atoms with van der Waals surface area (Å²) in [6.45, 7) is 1.66. The topological polar surface area (TPSA) is 89.1 Å². The van der Waals surface area contributed by atoms with Crippen LogP contribution in [0.25, 0.3) is 0 Å². The van der Waals surface area contributed by atoms with Gasteiger partial charge in [-0.1, -0.05) is 43.0 Å². The number of anilines is 1. The maximum absolute atomic E-state index is 13.0. The quantitative estimate of drug-likeness (QED) is 0.654. The summed E-state index contributed by atoms with van der Waals surface area (Å²) < 4.78 is 17.6. The van der Waals surface area contributed by atoms with Crippen molar-refractivity contribution < 1.29 is 23.8 Å². The fourth-order valence-corrected chi connectivity index (χ4v) is 4.47. The molecule has 1 aliphatic carbocycles. The SMILES string of the molecule is O=C1CN(CC(=O)NC2CCCCC2)CCOCCOc2ccccc2Oc2ccc(Cl)cc2N1. The van der Waals surface area contributed by atoms with Crippen molar-refractivity contribution >= 4 is 29.1 Å². The van der Waals surface area contributed by atoms with Gasteiger partial charge in [0.05, 0.1) is 32.0 Å². The second kappa shape index (κ2) is 12.8. The van der Waals surface area contributed by atoms with Gasteiger partial charge in [-0.05, 0) is 43.2 Å². The molecule has 1 fully saturated rings. The number of hydrogen-bond donors (Lipinski definition) is 2. The third-order valence-electron chi connectivity index (χ3n) is 6.03. The van der Waals surface area contributed by atoms with E-state index in [0.29, 0.717) is 54.3 Å². The molecular formula is C26H32ClN3O5. The molecule has 188 valence electrons. The Hall–Kier alpha value is -2.81. The largest absolute Gasteiger partial charge is 0.487 e. The fraction of sp³-hybridized carbons (Fsp3) is 0.462. The lowest BCUT2D eigenvalue weighted by atomic mass is 9.95. The van der Waals surface area contributed by atoms with Gasteiger partial charge in [0.2, 0.25) is 11.8 Å². The first-order chi connectivity index (χ1) is 17.1. The highest BCUT2D eigenvalue weighted by molar-refractivity contribution is 6.31. The smallest absolute Gasteiger partial charge is 0.238 e. The first-order valence-electron chi connectivity index (χ1n) is 12.2. The Morgan fingerprint density at radius 2 is 1.83 bits per heavy atom. The Labute approximate surface area is 210 Å². The molecule has 0 atom stereocenters. The number of nitrogens with zero attached hydrogens (tertiary/aromatic N) is 1. The van der Waals surface area contributed by atoms with Gasteiger partial charge < -0.3 is 24.8 Å². The van der Waals surface area contributed by atoms with Crippen LogP contribution in [0.3, 0.4) is 0 Å². The average Bonchev–Trinajstić information content (AvgIpc) is 2.84. The third kappa shape index (κ3) is 7.85. The van der Waals surface area contributed by atoms with Crippen LogP contribution < -0.4 is 20.1 Å². The number of para-hydroxylation sites is 2. The van der Waals surface area contributed by atoms with E-state index >= 15 is 0 Å². The summed E-state index contributed by atoms with van der Waals surface area (Å²) >= 11 is 6.20. The summed E-state index contributed by atoms with van der Waals surface area (Å²) in [4.78, 5) is 27.5. The highest BCUT2D eigenvalue weighted by atomic mass is 35.5. The number of rotatable bonds is 3. The number of hydrogen-bond acceptors (Lipinski definition) is 6. The zero-order chi connectivity index (χ0) is 24.5. The first-order valence-corrected chi connectivity index (χ1v) is 12.5. The molecule has 2 aliphatic rings. The Kier molecular flexibility index (Phi) is 9.22. The van der Waals surface area contributed by atoms with E-state index < -0.39 is 0 Å². The van der Waals surface area contributed by atoms with E-state index in [4.69, 9.17) is 25.8 Å². The zero-order valence-electron chi connectivity index (χ0n) is 19.8. The molecule has 0 saturated heterocycles. The van der Waals surface area contributed by atoms with E-state index in [1.807, 2.05) is 18.2 Å². The minimum Gasteiger partial charge on any atom is -0.487 e. The van der Waals surface area contributed by atoms with Gasteiger partial charge in [-0.3, -0.25) is 14.5 Å². The highest BCUT2D eigenvalue weighted by Crippen LogP contribution is 2.36. The molecule has 2 amide bonds. The molecule has 1 aliphatic heterocycles. The minimum absolute atomic E-state index is 0.0283. The Morgan fingerprint density at radius 1 is 1.03 bits per heavy atom. The van der Waals surface area contributed by atoms with Crippen LogP contribution in [0.1, 0.15) is 32.1 Å². The monoisotopic (exact) mass is 501 g/mol. The standard InChI is InChI=1S/C26H32ClN3O5/c27-19-10-11-22-21(16-19)29-26(32)18-30(17-25(31)28-20-6-2-1-3-7-20)12-13-33-14-15-34-23-8-4-5-9-24(23)35-22/h4-5,8-11,16,20H,1-3,6-7,12-15,17-18H2,(H,28,31)(H,29,32). The molecule has 2 aromatic rings. The molecular weight excluding hydrogens is 470 g/mol. The van der Waals surface area contributed by atoms with Crippen molar-refractivity contribution in [3.63, 3.8) is 0 Å². The predicted octanol–water partition coefficient (Wildman–Crippen LogP) is 4.23. The third-order valence-corrected chi connectivity index (χ3v) is 6.26. The van der Waals surface area contributed by atoms with E-state index in [0.717, 1.165) is 25.7 Å². The van der Waals surface area contributed by atoms with Gasteiger partial charge in [-0.25, -0.2) is 0 Å². The number of nitrogens with one attached hydrogen (secondary N) is 2. The number of halogens is 1. The molecule has 0 unspecified atom stereocenters. The van der Waals surface area contributed by atoms with Crippen molar-refractivity contribution in [1.82, 2.24) is 10.2 Å². The summed E-state index contributed by atoms with van der Waals surface area (Å²) in [5.74, 6) is 1.17. The summed E-state index contributed by atoms with van der Waals surface area (Å²) in [5.41, 5.74) is 0.440. The molecule has 8 nitrogen and oxygen atoms in total. The molecule has 9 heteroatoms. The maximum Gasteiger partial charge on any atom is 0.238 e. The van der Waals surface area contributed by atoms with Crippen LogP contribution in [0.2, 0.25) is 5.02 Å². The van der Waals surface area contributed by atoms with Gasteiger partial charge in [0.15, 0.2) is 17.2 Å². The van der Waals surface area contributed by atoms with Gasteiger partial charge in [-0.15, -0.1) is 0 Å². The highest BCUT2D eigenvalue weighted by Gasteiger charge is 2.20. The second-order valence-corrected chi connectivity index (χ2v) is 9.25. The Bertz CT molecular complexity index is 1010. The van der Waals surface area contributed by atoms with Crippen molar-refractivity contribution in [3.8, 4) is 17.2 Å². The van der Waals surface area contributed by atoms with Crippen molar-refractivity contribution in [3.05, 3.63) is 47.5 Å². The Balaban J connectivity index is 1.48. The summed E-state index contributed by atoms with van der Waals surface area (Å²) in [6, 6.07) is 12.6. The van der Waals surface area contributed by atoms with Gasteiger partial charge >= 0.3 is 0 Å². The van der Waals surface area contributed by atoms with Crippen LogP contribution in [0.5, 0.6) is 17.2 Å². The molecule has 0 aromatic heterocycles. The van der Waals surface area contributed by atoms with E-state index in [1.165, 1.54) is 6.42 Å². The number of ether oxygens (including phenoxy) is 3. The van der Waals surface area contributed by atoms with Gasteiger partial charge in [0.25, 0.3) is 0 Å². The van der Waals surface area contributed by atoms with Crippen molar-refractivity contribution in [2.75, 3.05) is 44.8 Å². The van der Waals surface area contributed by atoms with E-state index in [2.05, 4.69) is 10.6 Å². The number of carbonyl (C=O) groups is 2. The first kappa shape index (κ1) is 25.3. The molecule has 2 N–H and O–H groups in total. The number of carbonyl (C=O) groups excluding carboxylic acids is 2. The summed E-state index contributed by atoms with van der Waals surface area (Å²) in [7, 11) is 0. The lowest BCUT2D eigenvalue weighted by Crippen LogP contribution is -2.45. The van der Waals surface area contributed by atoms with Gasteiger partial charge in [-0.2, -0.15) is 0 Å². The van der Waals surface area contributed by atoms with E-state index in [1.54, 1.807) is 29.2 Å². The van der Waals surface area contributed by atoms with E-state index in [-0.39, 0.29) is 30.9 Å². The predicted molar refractivity (Wildman–Crippen MR) is 134 cm³/mol.